The molecule has 0 radical (unpaired) electrons. The number of ether oxygens (including phenoxy) is 1. The first-order valence-electron chi connectivity index (χ1n) is 4.99. The van der Waals surface area contributed by atoms with Crippen molar-refractivity contribution in [2.75, 3.05) is 6.54 Å². The summed E-state index contributed by atoms with van der Waals surface area (Å²) in [5.41, 5.74) is 0.890. The number of hydrogen-bond donors (Lipinski definition) is 1. The Morgan fingerprint density at radius 2 is 2.38 bits per heavy atom. The Balaban J connectivity index is 2.36. The summed E-state index contributed by atoms with van der Waals surface area (Å²) in [5.74, 6) is 0.763. The van der Waals surface area contributed by atoms with Gasteiger partial charge in [0, 0.05) is 10.0 Å². The van der Waals surface area contributed by atoms with Crippen LogP contribution in [0.5, 0.6) is 5.75 Å². The molecule has 0 spiro atoms. The molecular weight excluding hydrogens is 274 g/mol. The molecule has 4 nitrogen and oxygen atoms in total. The van der Waals surface area contributed by atoms with Crippen LogP contribution in [-0.2, 0) is 6.54 Å². The Bertz CT molecular complexity index is 422. The number of carboxylic acid groups (broad SMARTS) is 1. The van der Waals surface area contributed by atoms with Crippen molar-refractivity contribution >= 4 is 22.0 Å². The highest BCUT2D eigenvalue weighted by Crippen LogP contribution is 2.28. The van der Waals surface area contributed by atoms with Gasteiger partial charge in [-0.3, -0.25) is 0 Å². The van der Waals surface area contributed by atoms with Crippen molar-refractivity contribution in [1.29, 1.82) is 0 Å². The minimum atomic E-state index is -0.914. The topological polar surface area (TPSA) is 49.8 Å². The second kappa shape index (κ2) is 4.33. The van der Waals surface area contributed by atoms with Crippen LogP contribution in [0.25, 0.3) is 0 Å². The predicted molar refractivity (Wildman–Crippen MR) is 62.7 cm³/mol. The van der Waals surface area contributed by atoms with Crippen LogP contribution in [0.1, 0.15) is 12.5 Å². The highest BCUT2D eigenvalue weighted by atomic mass is 79.9. The molecule has 1 heterocycles. The van der Waals surface area contributed by atoms with E-state index in [0.29, 0.717) is 13.1 Å². The average molecular weight is 286 g/mol. The van der Waals surface area contributed by atoms with Crippen LogP contribution in [0.15, 0.2) is 22.7 Å². The third kappa shape index (κ3) is 2.29. The molecule has 1 aromatic carbocycles. The summed E-state index contributed by atoms with van der Waals surface area (Å²) < 4.78 is 6.59. The molecule has 1 aliphatic heterocycles. The van der Waals surface area contributed by atoms with Crippen molar-refractivity contribution < 1.29 is 14.6 Å². The van der Waals surface area contributed by atoms with E-state index in [4.69, 9.17) is 9.84 Å². The molecule has 0 aliphatic carbocycles. The summed E-state index contributed by atoms with van der Waals surface area (Å²) in [6.07, 6.45) is -1.04. The number of benzene rings is 1. The van der Waals surface area contributed by atoms with Crippen LogP contribution in [0.2, 0.25) is 0 Å². The van der Waals surface area contributed by atoms with Crippen molar-refractivity contribution in [3.63, 3.8) is 0 Å². The van der Waals surface area contributed by atoms with Crippen LogP contribution >= 0.6 is 15.9 Å². The maximum atomic E-state index is 11.0. The van der Waals surface area contributed by atoms with E-state index in [9.17, 15) is 4.79 Å². The summed E-state index contributed by atoms with van der Waals surface area (Å²) in [6, 6.07) is 5.65. The average Bonchev–Trinajstić information content (AvgIpc) is 2.36. The minimum Gasteiger partial charge on any atom is -0.489 e. The first kappa shape index (κ1) is 11.3. The monoisotopic (exact) mass is 285 g/mol. The van der Waals surface area contributed by atoms with Gasteiger partial charge in [0.2, 0.25) is 0 Å². The SMILES string of the molecule is CC1CN(C(=O)O)Cc2cc(Br)ccc2O1. The van der Waals surface area contributed by atoms with Gasteiger partial charge in [-0.2, -0.15) is 0 Å². The van der Waals surface area contributed by atoms with Gasteiger partial charge in [0.15, 0.2) is 0 Å². The normalized spacial score (nSPS) is 19.6. The van der Waals surface area contributed by atoms with Gasteiger partial charge in [-0.1, -0.05) is 15.9 Å². The Morgan fingerprint density at radius 3 is 3.06 bits per heavy atom. The van der Waals surface area contributed by atoms with Crippen LogP contribution in [-0.4, -0.2) is 28.7 Å². The maximum Gasteiger partial charge on any atom is 0.407 e. The molecule has 5 heteroatoms. The lowest BCUT2D eigenvalue weighted by atomic mass is 10.2. The fraction of sp³-hybridized carbons (Fsp3) is 0.364. The second-order valence-corrected chi connectivity index (χ2v) is 4.76. The number of hydrogen-bond acceptors (Lipinski definition) is 2. The molecule has 16 heavy (non-hydrogen) atoms. The Kier molecular flexibility index (Phi) is 3.05. The lowest BCUT2D eigenvalue weighted by molar-refractivity contribution is 0.121. The number of nitrogens with zero attached hydrogens (tertiary/aromatic N) is 1. The van der Waals surface area contributed by atoms with Crippen molar-refractivity contribution in [3.05, 3.63) is 28.2 Å². The zero-order valence-electron chi connectivity index (χ0n) is 8.81. The third-order valence-electron chi connectivity index (χ3n) is 2.46. The summed E-state index contributed by atoms with van der Waals surface area (Å²) in [5, 5.41) is 9.03. The van der Waals surface area contributed by atoms with Gasteiger partial charge < -0.3 is 14.7 Å². The molecule has 0 saturated heterocycles. The van der Waals surface area contributed by atoms with E-state index in [1.165, 1.54) is 4.90 Å². The zero-order valence-corrected chi connectivity index (χ0v) is 10.4. The van der Waals surface area contributed by atoms with Gasteiger partial charge in [0.25, 0.3) is 0 Å². The highest BCUT2D eigenvalue weighted by Gasteiger charge is 2.23. The summed E-state index contributed by atoms with van der Waals surface area (Å²) in [6.45, 7) is 2.63. The minimum absolute atomic E-state index is 0.126. The van der Waals surface area contributed by atoms with Gasteiger partial charge in [0.05, 0.1) is 13.1 Å². The van der Waals surface area contributed by atoms with Crippen LogP contribution in [0, 0.1) is 0 Å². The number of halogens is 1. The van der Waals surface area contributed by atoms with Crippen molar-refractivity contribution in [2.45, 2.75) is 19.6 Å². The molecule has 1 N–H and O–H groups in total. The Hall–Kier alpha value is -1.23. The van der Waals surface area contributed by atoms with Crippen LogP contribution < -0.4 is 4.74 Å². The Labute approximate surface area is 102 Å². The molecule has 1 aliphatic rings. The van der Waals surface area contributed by atoms with E-state index in [1.54, 1.807) is 0 Å². The lowest BCUT2D eigenvalue weighted by Gasteiger charge is -2.18. The maximum absolute atomic E-state index is 11.0. The van der Waals surface area contributed by atoms with E-state index in [-0.39, 0.29) is 6.10 Å². The van der Waals surface area contributed by atoms with E-state index in [0.717, 1.165) is 15.8 Å². The molecule has 0 saturated carbocycles. The lowest BCUT2D eigenvalue weighted by Crippen LogP contribution is -2.34. The smallest absolute Gasteiger partial charge is 0.407 e. The van der Waals surface area contributed by atoms with Crippen LogP contribution in [0.3, 0.4) is 0 Å². The van der Waals surface area contributed by atoms with Crippen molar-refractivity contribution in [2.24, 2.45) is 0 Å². The van der Waals surface area contributed by atoms with Crippen LogP contribution in [0.4, 0.5) is 4.79 Å². The van der Waals surface area contributed by atoms with Gasteiger partial charge in [-0.05, 0) is 25.1 Å². The van der Waals surface area contributed by atoms with Gasteiger partial charge in [0.1, 0.15) is 11.9 Å². The largest absolute Gasteiger partial charge is 0.489 e. The quantitative estimate of drug-likeness (QED) is 0.797. The molecule has 1 unspecified atom stereocenters. The number of rotatable bonds is 0. The van der Waals surface area contributed by atoms with Crippen molar-refractivity contribution in [3.8, 4) is 5.75 Å². The van der Waals surface area contributed by atoms with E-state index < -0.39 is 6.09 Å². The zero-order chi connectivity index (χ0) is 11.7. The first-order chi connectivity index (χ1) is 7.56. The molecule has 1 aromatic rings. The van der Waals surface area contributed by atoms with E-state index in [2.05, 4.69) is 15.9 Å². The molecule has 0 fully saturated rings. The standard InChI is InChI=1S/C11H12BrNO3/c1-7-5-13(11(14)15)6-8-4-9(12)2-3-10(8)16-7/h2-4,7H,5-6H2,1H3,(H,14,15). The fourth-order valence-electron chi connectivity index (χ4n) is 1.77. The van der Waals surface area contributed by atoms with Gasteiger partial charge in [-0.25, -0.2) is 4.79 Å². The molecular formula is C11H12BrNO3. The first-order valence-corrected chi connectivity index (χ1v) is 5.78. The summed E-state index contributed by atoms with van der Waals surface area (Å²) in [4.78, 5) is 12.4. The summed E-state index contributed by atoms with van der Waals surface area (Å²) >= 11 is 3.37. The number of fused-ring (bicyclic) bond motifs is 1. The summed E-state index contributed by atoms with van der Waals surface area (Å²) in [7, 11) is 0. The van der Waals surface area contributed by atoms with Gasteiger partial charge >= 0.3 is 6.09 Å². The van der Waals surface area contributed by atoms with E-state index >= 15 is 0 Å². The predicted octanol–water partition coefficient (Wildman–Crippen LogP) is 2.71. The number of carbonyl (C=O) groups is 1. The Morgan fingerprint density at radius 1 is 1.62 bits per heavy atom. The molecule has 0 bridgehead atoms. The van der Waals surface area contributed by atoms with Gasteiger partial charge in [-0.15, -0.1) is 0 Å². The molecule has 0 aromatic heterocycles. The molecule has 86 valence electrons. The molecule has 1 amide bonds. The van der Waals surface area contributed by atoms with E-state index in [1.807, 2.05) is 25.1 Å². The number of amides is 1. The fourth-order valence-corrected chi connectivity index (χ4v) is 2.18. The second-order valence-electron chi connectivity index (χ2n) is 3.84. The molecule has 1 atom stereocenters. The highest BCUT2D eigenvalue weighted by molar-refractivity contribution is 9.10. The molecule has 2 rings (SSSR count). The third-order valence-corrected chi connectivity index (χ3v) is 2.95. The van der Waals surface area contributed by atoms with Crippen molar-refractivity contribution in [1.82, 2.24) is 4.90 Å².